The van der Waals surface area contributed by atoms with E-state index in [0.717, 1.165) is 48.5 Å². The van der Waals surface area contributed by atoms with E-state index in [9.17, 15) is 5.11 Å². The van der Waals surface area contributed by atoms with Gasteiger partial charge in [0.05, 0.1) is 21.3 Å². The van der Waals surface area contributed by atoms with Crippen LogP contribution in [0.25, 0.3) is 11.1 Å². The Labute approximate surface area is 180 Å². The van der Waals surface area contributed by atoms with Crippen LogP contribution in [0.3, 0.4) is 0 Å². The van der Waals surface area contributed by atoms with Crippen LogP contribution in [-0.2, 0) is 13.0 Å². The van der Waals surface area contributed by atoms with Crippen LogP contribution in [0.5, 0.6) is 23.0 Å². The molecule has 0 amide bonds. The zero-order chi connectivity index (χ0) is 21.5. The predicted molar refractivity (Wildman–Crippen MR) is 121 cm³/mol. The van der Waals surface area contributed by atoms with Crippen molar-refractivity contribution in [1.82, 2.24) is 4.90 Å². The van der Waals surface area contributed by atoms with Crippen molar-refractivity contribution in [1.29, 1.82) is 0 Å². The van der Waals surface area contributed by atoms with E-state index in [1.165, 1.54) is 37.7 Å². The van der Waals surface area contributed by atoms with Gasteiger partial charge in [0, 0.05) is 30.3 Å². The molecule has 2 aromatic rings. The van der Waals surface area contributed by atoms with Gasteiger partial charge in [-0.05, 0) is 48.7 Å². The summed E-state index contributed by atoms with van der Waals surface area (Å²) >= 11 is 0. The minimum Gasteiger partial charge on any atom is -0.504 e. The molecule has 1 N–H and O–H groups in total. The molecule has 1 aliphatic heterocycles. The van der Waals surface area contributed by atoms with Gasteiger partial charge in [-0.2, -0.15) is 0 Å². The Balaban J connectivity index is 1.94. The second-order valence-corrected chi connectivity index (χ2v) is 7.95. The van der Waals surface area contributed by atoms with Crippen LogP contribution in [0.4, 0.5) is 0 Å². The lowest BCUT2D eigenvalue weighted by molar-refractivity contribution is 0.247. The lowest BCUT2D eigenvalue weighted by atomic mass is 9.89. The summed E-state index contributed by atoms with van der Waals surface area (Å²) in [6, 6.07) is 7.70. The van der Waals surface area contributed by atoms with E-state index >= 15 is 0 Å². The molecule has 0 saturated carbocycles. The Morgan fingerprint density at radius 1 is 0.933 bits per heavy atom. The third kappa shape index (κ3) is 4.84. The van der Waals surface area contributed by atoms with Crippen molar-refractivity contribution in [3.8, 4) is 34.1 Å². The number of hydrogen-bond donors (Lipinski definition) is 1. The number of unbranched alkanes of at least 4 members (excludes halogenated alkanes) is 4. The number of phenols is 1. The lowest BCUT2D eigenvalue weighted by Crippen LogP contribution is -2.31. The van der Waals surface area contributed by atoms with Gasteiger partial charge in [-0.3, -0.25) is 4.90 Å². The van der Waals surface area contributed by atoms with Crippen molar-refractivity contribution in [2.45, 2.75) is 52.0 Å². The fraction of sp³-hybridized carbons (Fsp3) is 0.520. The number of nitrogens with zero attached hydrogens (tertiary/aromatic N) is 1. The maximum absolute atomic E-state index is 11.1. The number of hydrogen-bond acceptors (Lipinski definition) is 5. The first-order valence-corrected chi connectivity index (χ1v) is 11.0. The molecule has 0 aliphatic carbocycles. The first-order chi connectivity index (χ1) is 14.6. The van der Waals surface area contributed by atoms with Crippen LogP contribution in [-0.4, -0.2) is 44.4 Å². The fourth-order valence-electron chi connectivity index (χ4n) is 4.31. The highest BCUT2D eigenvalue weighted by Crippen LogP contribution is 2.47. The van der Waals surface area contributed by atoms with Crippen molar-refractivity contribution in [2.75, 3.05) is 34.4 Å². The minimum absolute atomic E-state index is 0.171. The summed E-state index contributed by atoms with van der Waals surface area (Å²) in [5.74, 6) is 2.08. The zero-order valence-corrected chi connectivity index (χ0v) is 18.8. The second kappa shape index (κ2) is 10.6. The van der Waals surface area contributed by atoms with E-state index < -0.39 is 0 Å². The molecule has 0 fully saturated rings. The molecular weight excluding hydrogens is 378 g/mol. The van der Waals surface area contributed by atoms with Gasteiger partial charge in [-0.1, -0.05) is 32.6 Å². The van der Waals surface area contributed by atoms with Crippen molar-refractivity contribution >= 4 is 0 Å². The highest BCUT2D eigenvalue weighted by molar-refractivity contribution is 5.82. The van der Waals surface area contributed by atoms with Gasteiger partial charge in [-0.15, -0.1) is 0 Å². The molecule has 30 heavy (non-hydrogen) atoms. The Morgan fingerprint density at radius 3 is 2.40 bits per heavy atom. The largest absolute Gasteiger partial charge is 0.504 e. The second-order valence-electron chi connectivity index (χ2n) is 7.95. The van der Waals surface area contributed by atoms with Crippen molar-refractivity contribution in [2.24, 2.45) is 0 Å². The van der Waals surface area contributed by atoms with Crippen LogP contribution in [0.15, 0.2) is 24.3 Å². The monoisotopic (exact) mass is 413 g/mol. The summed E-state index contributed by atoms with van der Waals surface area (Å²) in [6.07, 6.45) is 7.35. The van der Waals surface area contributed by atoms with Gasteiger partial charge in [0.2, 0.25) is 0 Å². The van der Waals surface area contributed by atoms with Crippen LogP contribution < -0.4 is 14.2 Å². The van der Waals surface area contributed by atoms with E-state index in [1.54, 1.807) is 21.3 Å². The molecule has 0 unspecified atom stereocenters. The molecule has 0 spiro atoms. The average Bonchev–Trinajstić information content (AvgIpc) is 2.78. The molecular formula is C25H35NO4. The van der Waals surface area contributed by atoms with Gasteiger partial charge in [0.1, 0.15) is 11.5 Å². The first kappa shape index (κ1) is 22.3. The predicted octanol–water partition coefficient (Wildman–Crippen LogP) is 5.41. The van der Waals surface area contributed by atoms with Gasteiger partial charge < -0.3 is 19.3 Å². The third-order valence-corrected chi connectivity index (χ3v) is 6.02. The van der Waals surface area contributed by atoms with E-state index in [4.69, 9.17) is 14.2 Å². The lowest BCUT2D eigenvalue weighted by Gasteiger charge is -2.31. The summed E-state index contributed by atoms with van der Waals surface area (Å²) < 4.78 is 16.5. The molecule has 3 rings (SSSR count). The van der Waals surface area contributed by atoms with E-state index in [-0.39, 0.29) is 5.75 Å². The number of benzene rings is 2. The van der Waals surface area contributed by atoms with Gasteiger partial charge in [0.15, 0.2) is 11.5 Å². The van der Waals surface area contributed by atoms with Crippen LogP contribution in [0, 0.1) is 0 Å². The molecule has 5 heteroatoms. The normalized spacial score (nSPS) is 13.7. The summed E-state index contributed by atoms with van der Waals surface area (Å²) in [6.45, 7) is 5.20. The average molecular weight is 414 g/mol. The number of aromatic hydroxyl groups is 1. The number of fused-ring (bicyclic) bond motifs is 1. The van der Waals surface area contributed by atoms with Crippen molar-refractivity contribution in [3.05, 3.63) is 35.4 Å². The Bertz CT molecular complexity index is 850. The Kier molecular flexibility index (Phi) is 7.86. The van der Waals surface area contributed by atoms with Crippen LogP contribution in [0.2, 0.25) is 0 Å². The van der Waals surface area contributed by atoms with Gasteiger partial charge >= 0.3 is 0 Å². The number of methoxy groups -OCH3 is 3. The van der Waals surface area contributed by atoms with Crippen molar-refractivity contribution in [3.63, 3.8) is 0 Å². The summed E-state index contributed by atoms with van der Waals surface area (Å²) in [7, 11) is 4.88. The van der Waals surface area contributed by atoms with E-state index in [0.29, 0.717) is 11.5 Å². The molecule has 0 radical (unpaired) electrons. The number of rotatable bonds is 10. The minimum atomic E-state index is 0.171. The SMILES string of the molecule is CCCCCCCN1CCc2cc(OC)c(O)c(-c3ccc(OC)cc3OC)c2C1. The molecule has 2 aromatic carbocycles. The number of ether oxygens (including phenoxy) is 3. The standard InChI is InChI=1S/C25H35NO4/c1-5-6-7-8-9-13-26-14-12-18-15-23(30-4)25(27)24(21(18)17-26)20-11-10-19(28-2)16-22(20)29-3/h10-11,15-16,27H,5-9,12-14,17H2,1-4H3. The molecule has 164 valence electrons. The van der Waals surface area contributed by atoms with Gasteiger partial charge in [0.25, 0.3) is 0 Å². The van der Waals surface area contributed by atoms with Gasteiger partial charge in [-0.25, -0.2) is 0 Å². The molecule has 0 aromatic heterocycles. The maximum Gasteiger partial charge on any atom is 0.166 e. The van der Waals surface area contributed by atoms with Crippen LogP contribution >= 0.6 is 0 Å². The summed E-state index contributed by atoms with van der Waals surface area (Å²) in [5, 5.41) is 11.1. The quantitative estimate of drug-likeness (QED) is 0.528. The van der Waals surface area contributed by atoms with Crippen LogP contribution in [0.1, 0.15) is 50.2 Å². The topological polar surface area (TPSA) is 51.2 Å². The summed E-state index contributed by atoms with van der Waals surface area (Å²) in [4.78, 5) is 2.50. The third-order valence-electron chi connectivity index (χ3n) is 6.02. The fourth-order valence-corrected chi connectivity index (χ4v) is 4.31. The molecule has 5 nitrogen and oxygen atoms in total. The highest BCUT2D eigenvalue weighted by atomic mass is 16.5. The summed E-state index contributed by atoms with van der Waals surface area (Å²) in [5.41, 5.74) is 4.06. The maximum atomic E-state index is 11.1. The number of phenolic OH excluding ortho intramolecular Hbond substituents is 1. The Hall–Kier alpha value is -2.40. The Morgan fingerprint density at radius 2 is 1.70 bits per heavy atom. The molecule has 0 bridgehead atoms. The highest BCUT2D eigenvalue weighted by Gasteiger charge is 2.26. The van der Waals surface area contributed by atoms with Crippen molar-refractivity contribution < 1.29 is 19.3 Å². The smallest absolute Gasteiger partial charge is 0.166 e. The molecule has 0 atom stereocenters. The first-order valence-electron chi connectivity index (χ1n) is 11.0. The van der Waals surface area contributed by atoms with E-state index in [2.05, 4.69) is 11.8 Å². The zero-order valence-electron chi connectivity index (χ0n) is 18.8. The molecule has 0 saturated heterocycles. The molecule has 1 aliphatic rings. The molecule has 1 heterocycles. The van der Waals surface area contributed by atoms with E-state index in [1.807, 2.05) is 24.3 Å².